The Morgan fingerprint density at radius 3 is 2.56 bits per heavy atom. The van der Waals surface area contributed by atoms with Gasteiger partial charge in [-0.15, -0.1) is 0 Å². The summed E-state index contributed by atoms with van der Waals surface area (Å²) in [5, 5.41) is 0. The third-order valence-corrected chi connectivity index (χ3v) is 8.36. The van der Waals surface area contributed by atoms with Crippen molar-refractivity contribution in [2.45, 2.75) is 55.9 Å². The summed E-state index contributed by atoms with van der Waals surface area (Å²) in [5.41, 5.74) is -0.107. The highest BCUT2D eigenvalue weighted by molar-refractivity contribution is 5.46. The Hall–Kier alpha value is -2.34. The summed E-state index contributed by atoms with van der Waals surface area (Å²) in [5.74, 6) is 0.282. The maximum absolute atomic E-state index is 13.3. The van der Waals surface area contributed by atoms with E-state index >= 15 is 0 Å². The predicted molar refractivity (Wildman–Crippen MR) is 98.1 cm³/mol. The first-order chi connectivity index (χ1) is 13.1. The van der Waals surface area contributed by atoms with Gasteiger partial charge in [-0.2, -0.15) is 0 Å². The van der Waals surface area contributed by atoms with Gasteiger partial charge in [0.25, 0.3) is 0 Å². The molecular formula is C21H21N3O3. The van der Waals surface area contributed by atoms with E-state index in [9.17, 15) is 9.59 Å². The summed E-state index contributed by atoms with van der Waals surface area (Å²) < 4.78 is 11.3. The lowest BCUT2D eigenvalue weighted by molar-refractivity contribution is -0.128. The van der Waals surface area contributed by atoms with E-state index in [4.69, 9.17) is 4.74 Å². The van der Waals surface area contributed by atoms with Crippen LogP contribution in [0.15, 0.2) is 52.1 Å². The number of allylic oxidation sites excluding steroid dienone is 2. The first kappa shape index (κ1) is 14.7. The van der Waals surface area contributed by atoms with Crippen LogP contribution in [0.3, 0.4) is 0 Å². The third-order valence-electron chi connectivity index (χ3n) is 8.36. The molecule has 0 unspecified atom stereocenters. The van der Waals surface area contributed by atoms with Gasteiger partial charge < -0.3 is 4.74 Å². The standard InChI is InChI=1S/C21H21N3O3/c1-19-15-10-9-14(16(19)20-11-5-6-12-21(19,20)27-20)23-17(25)22(18(26)24(15)23)13-7-3-2-4-8-13/h2-4,7-10,14-16H,5-6,11-12H2,1H3/t14-,15+,16-,19-,20+,21+/m0/s1. The summed E-state index contributed by atoms with van der Waals surface area (Å²) >= 11 is 0. The van der Waals surface area contributed by atoms with Crippen molar-refractivity contribution in [3.63, 3.8) is 0 Å². The second kappa shape index (κ2) is 4.07. The fourth-order valence-electron chi connectivity index (χ4n) is 7.46. The molecule has 6 heteroatoms. The van der Waals surface area contributed by atoms with E-state index in [2.05, 4.69) is 19.1 Å². The molecule has 3 aliphatic carbocycles. The van der Waals surface area contributed by atoms with Crippen LogP contribution >= 0.6 is 0 Å². The molecule has 0 spiro atoms. The summed E-state index contributed by atoms with van der Waals surface area (Å²) in [4.78, 5) is 26.7. The average Bonchev–Trinajstić information content (AvgIpc) is 3.26. The number of rotatable bonds is 1. The summed E-state index contributed by atoms with van der Waals surface area (Å²) in [6.07, 6.45) is 8.84. The van der Waals surface area contributed by atoms with Gasteiger partial charge in [-0.05, 0) is 25.0 Å². The van der Waals surface area contributed by atoms with E-state index in [0.717, 1.165) is 12.8 Å². The fraction of sp³-hybridized carbons (Fsp3) is 0.524. The maximum Gasteiger partial charge on any atom is 0.352 e. The average molecular weight is 363 g/mol. The molecule has 138 valence electrons. The number of para-hydroxylation sites is 1. The molecule has 4 heterocycles. The van der Waals surface area contributed by atoms with Gasteiger partial charge in [0.2, 0.25) is 0 Å². The molecule has 1 aromatic carbocycles. The first-order valence-electron chi connectivity index (χ1n) is 9.97. The van der Waals surface area contributed by atoms with Crippen molar-refractivity contribution in [2.24, 2.45) is 11.3 Å². The van der Waals surface area contributed by atoms with E-state index in [1.165, 1.54) is 17.4 Å². The second-order valence-electron chi connectivity index (χ2n) is 9.03. The van der Waals surface area contributed by atoms with Crippen LogP contribution in [0.2, 0.25) is 0 Å². The van der Waals surface area contributed by atoms with Crippen molar-refractivity contribution >= 4 is 0 Å². The molecule has 0 amide bonds. The van der Waals surface area contributed by atoms with Crippen molar-refractivity contribution in [1.82, 2.24) is 13.9 Å². The van der Waals surface area contributed by atoms with Crippen molar-refractivity contribution in [1.29, 1.82) is 0 Å². The lowest BCUT2D eigenvalue weighted by Gasteiger charge is -2.65. The lowest BCUT2D eigenvalue weighted by atomic mass is 9.38. The normalized spacial score (nSPS) is 44.7. The Kier molecular flexibility index (Phi) is 2.21. The van der Waals surface area contributed by atoms with Crippen LogP contribution in [0.25, 0.3) is 5.69 Å². The van der Waals surface area contributed by atoms with Crippen LogP contribution in [0.4, 0.5) is 0 Å². The molecule has 0 N–H and O–H groups in total. The van der Waals surface area contributed by atoms with E-state index < -0.39 is 0 Å². The zero-order chi connectivity index (χ0) is 18.2. The molecule has 27 heavy (non-hydrogen) atoms. The minimum absolute atomic E-state index is 0.0662. The van der Waals surface area contributed by atoms with Gasteiger partial charge in [-0.1, -0.05) is 50.1 Å². The summed E-state index contributed by atoms with van der Waals surface area (Å²) in [6, 6.07) is 9.02. The SMILES string of the molecule is C[C@]12[C@H]3C=C[C@@H]([C@@H]1[C@]14CCCC[C@@]21O4)n1c(=O)n(-c2ccccc2)c(=O)n13. The molecule has 1 saturated heterocycles. The number of aromatic nitrogens is 3. The number of hydrogen-bond donors (Lipinski definition) is 0. The molecule has 2 bridgehead atoms. The van der Waals surface area contributed by atoms with Crippen LogP contribution in [-0.2, 0) is 4.74 Å². The van der Waals surface area contributed by atoms with E-state index in [1.807, 2.05) is 30.3 Å². The molecular weight excluding hydrogens is 342 g/mol. The van der Waals surface area contributed by atoms with Crippen LogP contribution in [0.5, 0.6) is 0 Å². The highest BCUT2D eigenvalue weighted by atomic mass is 16.6. The highest BCUT2D eigenvalue weighted by Crippen LogP contribution is 2.87. The number of nitrogens with zero attached hydrogens (tertiary/aromatic N) is 3. The van der Waals surface area contributed by atoms with Crippen molar-refractivity contribution < 1.29 is 4.74 Å². The molecule has 2 saturated carbocycles. The van der Waals surface area contributed by atoms with Crippen LogP contribution in [-0.4, -0.2) is 25.1 Å². The monoisotopic (exact) mass is 363 g/mol. The van der Waals surface area contributed by atoms with Gasteiger partial charge in [0.1, 0.15) is 11.2 Å². The molecule has 6 aliphatic rings. The van der Waals surface area contributed by atoms with Crippen LogP contribution in [0.1, 0.15) is 44.7 Å². The van der Waals surface area contributed by atoms with Crippen molar-refractivity contribution in [3.05, 3.63) is 63.5 Å². The number of hydrogen-bond acceptors (Lipinski definition) is 3. The molecule has 2 aromatic rings. The molecule has 6 atom stereocenters. The lowest BCUT2D eigenvalue weighted by Crippen LogP contribution is -2.73. The summed E-state index contributed by atoms with van der Waals surface area (Å²) in [6.45, 7) is 2.29. The molecule has 6 nitrogen and oxygen atoms in total. The number of epoxide rings is 1. The smallest absolute Gasteiger partial charge is 0.352 e. The van der Waals surface area contributed by atoms with Gasteiger partial charge in [-0.25, -0.2) is 23.5 Å². The second-order valence-corrected chi connectivity index (χ2v) is 9.03. The van der Waals surface area contributed by atoms with Crippen molar-refractivity contribution in [3.8, 4) is 5.69 Å². The minimum Gasteiger partial charge on any atom is -0.361 e. The van der Waals surface area contributed by atoms with Gasteiger partial charge >= 0.3 is 11.4 Å². The highest BCUT2D eigenvalue weighted by Gasteiger charge is 2.95. The Bertz CT molecular complexity index is 1160. The summed E-state index contributed by atoms with van der Waals surface area (Å²) in [7, 11) is 0. The molecule has 0 radical (unpaired) electrons. The fourth-order valence-corrected chi connectivity index (χ4v) is 7.46. The molecule has 3 aliphatic heterocycles. The van der Waals surface area contributed by atoms with Gasteiger partial charge in [0.15, 0.2) is 0 Å². The van der Waals surface area contributed by atoms with Crippen molar-refractivity contribution in [2.75, 3.05) is 0 Å². The zero-order valence-electron chi connectivity index (χ0n) is 15.2. The quantitative estimate of drug-likeness (QED) is 0.576. The number of ether oxygens (including phenoxy) is 1. The maximum atomic E-state index is 13.3. The van der Waals surface area contributed by atoms with E-state index in [1.54, 1.807) is 9.36 Å². The van der Waals surface area contributed by atoms with Gasteiger partial charge in [0, 0.05) is 11.3 Å². The Balaban J connectivity index is 1.50. The first-order valence-corrected chi connectivity index (χ1v) is 9.97. The Labute approximate surface area is 155 Å². The molecule has 3 fully saturated rings. The molecule has 8 rings (SSSR count). The zero-order valence-corrected chi connectivity index (χ0v) is 15.2. The largest absolute Gasteiger partial charge is 0.361 e. The van der Waals surface area contributed by atoms with E-state index in [0.29, 0.717) is 5.69 Å². The molecule has 1 aromatic heterocycles. The number of benzene rings is 1. The third kappa shape index (κ3) is 1.21. The van der Waals surface area contributed by atoms with Crippen LogP contribution < -0.4 is 11.4 Å². The van der Waals surface area contributed by atoms with E-state index in [-0.39, 0.29) is 46.0 Å². The van der Waals surface area contributed by atoms with Gasteiger partial charge in [0.05, 0.1) is 17.8 Å². The predicted octanol–water partition coefficient (Wildman–Crippen LogP) is 2.18. The Morgan fingerprint density at radius 2 is 1.74 bits per heavy atom. The Morgan fingerprint density at radius 1 is 1.00 bits per heavy atom. The van der Waals surface area contributed by atoms with Crippen LogP contribution in [0, 0.1) is 11.3 Å². The van der Waals surface area contributed by atoms with Gasteiger partial charge in [-0.3, -0.25) is 0 Å². The minimum atomic E-state index is -0.240. The topological polar surface area (TPSA) is 61.5 Å².